The van der Waals surface area contributed by atoms with E-state index in [0.717, 1.165) is 44.3 Å². The van der Waals surface area contributed by atoms with Crippen molar-refractivity contribution in [1.82, 2.24) is 9.88 Å². The predicted octanol–water partition coefficient (Wildman–Crippen LogP) is 7.51. The molecule has 2 aromatic rings. The maximum Gasteiger partial charge on any atom is 0.416 e. The van der Waals surface area contributed by atoms with E-state index in [1.54, 1.807) is 7.11 Å². The SMILES string of the molecule is COC1=CCC(C2CCC(O)C2)C=C1c1ccc(N2CCC2)nc1CN1C(=O)O[C@H](c2cc(C(F)(F)F)cc(C(F)(F)F)c2)[C@@H]1C. The van der Waals surface area contributed by atoms with Crippen molar-refractivity contribution in [1.29, 1.82) is 0 Å². The number of halogens is 6. The molecule has 3 fully saturated rings. The summed E-state index contributed by atoms with van der Waals surface area (Å²) in [6, 6.07) is 4.15. The molecule has 248 valence electrons. The maximum atomic E-state index is 13.6. The van der Waals surface area contributed by atoms with Crippen molar-refractivity contribution in [2.45, 2.75) is 76.2 Å². The molecule has 3 unspecified atom stereocenters. The summed E-state index contributed by atoms with van der Waals surface area (Å²) in [5, 5.41) is 10.2. The first kappa shape index (κ1) is 32.2. The Labute approximate surface area is 262 Å². The molecule has 0 radical (unpaired) electrons. The number of rotatable bonds is 7. The minimum atomic E-state index is -5.04. The van der Waals surface area contributed by atoms with Crippen molar-refractivity contribution in [2.75, 3.05) is 25.1 Å². The molecule has 1 aromatic heterocycles. The molecule has 46 heavy (non-hydrogen) atoms. The molecule has 6 rings (SSSR count). The number of ether oxygens (including phenoxy) is 2. The van der Waals surface area contributed by atoms with Gasteiger partial charge in [0.2, 0.25) is 0 Å². The summed E-state index contributed by atoms with van der Waals surface area (Å²) in [4.78, 5) is 21.5. The summed E-state index contributed by atoms with van der Waals surface area (Å²) in [6.45, 7) is 3.06. The van der Waals surface area contributed by atoms with E-state index in [9.17, 15) is 36.2 Å². The number of hydrogen-bond acceptors (Lipinski definition) is 6. The molecule has 0 bridgehead atoms. The third kappa shape index (κ3) is 6.30. The fourth-order valence-electron chi connectivity index (χ4n) is 6.88. The molecule has 0 spiro atoms. The number of cyclic esters (lactones) is 1. The van der Waals surface area contributed by atoms with Gasteiger partial charge in [0.05, 0.1) is 42.6 Å². The highest BCUT2D eigenvalue weighted by molar-refractivity contribution is 5.80. The third-order valence-electron chi connectivity index (χ3n) is 9.57. The Morgan fingerprint density at radius 2 is 1.74 bits per heavy atom. The van der Waals surface area contributed by atoms with E-state index in [4.69, 9.17) is 14.5 Å². The van der Waals surface area contributed by atoms with Gasteiger partial charge in [-0.2, -0.15) is 26.3 Å². The number of aliphatic hydroxyl groups is 1. The number of allylic oxidation sites excluding steroid dienone is 3. The van der Waals surface area contributed by atoms with Gasteiger partial charge in [-0.15, -0.1) is 0 Å². The van der Waals surface area contributed by atoms with Crippen LogP contribution < -0.4 is 4.90 Å². The molecule has 1 aromatic carbocycles. The molecule has 4 aliphatic rings. The van der Waals surface area contributed by atoms with Gasteiger partial charge in [-0.3, -0.25) is 4.90 Å². The van der Waals surface area contributed by atoms with E-state index in [2.05, 4.69) is 11.0 Å². The minimum Gasteiger partial charge on any atom is -0.496 e. The van der Waals surface area contributed by atoms with E-state index < -0.39 is 47.3 Å². The third-order valence-corrected chi connectivity index (χ3v) is 9.57. The number of anilines is 1. The minimum absolute atomic E-state index is 0.0541. The lowest BCUT2D eigenvalue weighted by molar-refractivity contribution is -0.143. The summed E-state index contributed by atoms with van der Waals surface area (Å²) in [7, 11) is 1.57. The van der Waals surface area contributed by atoms with Gasteiger partial charge in [-0.25, -0.2) is 9.78 Å². The molecule has 2 saturated heterocycles. The van der Waals surface area contributed by atoms with Gasteiger partial charge in [0, 0.05) is 24.2 Å². The molecule has 5 atom stereocenters. The lowest BCUT2D eigenvalue weighted by atomic mass is 9.81. The summed E-state index contributed by atoms with van der Waals surface area (Å²) >= 11 is 0. The second-order valence-corrected chi connectivity index (χ2v) is 12.5. The molecular formula is C33H35F6N3O4. The number of aromatic nitrogens is 1. The zero-order valence-corrected chi connectivity index (χ0v) is 25.4. The van der Waals surface area contributed by atoms with Crippen molar-refractivity contribution in [3.8, 4) is 0 Å². The monoisotopic (exact) mass is 651 g/mol. The van der Waals surface area contributed by atoms with Gasteiger partial charge in [0.15, 0.2) is 0 Å². The smallest absolute Gasteiger partial charge is 0.416 e. The zero-order valence-electron chi connectivity index (χ0n) is 25.4. The maximum absolute atomic E-state index is 13.6. The van der Waals surface area contributed by atoms with Crippen LogP contribution in [0.25, 0.3) is 5.57 Å². The van der Waals surface area contributed by atoms with Crippen LogP contribution in [-0.2, 0) is 28.4 Å². The van der Waals surface area contributed by atoms with Crippen LogP contribution in [-0.4, -0.2) is 53.4 Å². The van der Waals surface area contributed by atoms with E-state index in [-0.39, 0.29) is 24.6 Å². The van der Waals surface area contributed by atoms with Crippen molar-refractivity contribution < 1.29 is 45.7 Å². The van der Waals surface area contributed by atoms with Gasteiger partial charge < -0.3 is 19.5 Å². The van der Waals surface area contributed by atoms with Gasteiger partial charge in [0.1, 0.15) is 17.7 Å². The lowest BCUT2D eigenvalue weighted by Gasteiger charge is -2.33. The summed E-state index contributed by atoms with van der Waals surface area (Å²) < 4.78 is 92.8. The number of hydrogen-bond donors (Lipinski definition) is 1. The van der Waals surface area contributed by atoms with Crippen LogP contribution in [0, 0.1) is 11.8 Å². The summed E-state index contributed by atoms with van der Waals surface area (Å²) in [6.07, 6.45) is -4.43. The first-order chi connectivity index (χ1) is 21.7. The first-order valence-electron chi connectivity index (χ1n) is 15.4. The Balaban J connectivity index is 1.35. The summed E-state index contributed by atoms with van der Waals surface area (Å²) in [5.41, 5.74) is -1.37. The molecule has 7 nitrogen and oxygen atoms in total. The quantitative estimate of drug-likeness (QED) is 0.313. The number of nitrogens with zero attached hydrogens (tertiary/aromatic N) is 3. The largest absolute Gasteiger partial charge is 0.496 e. The normalized spacial score (nSPS) is 26.9. The molecule has 2 aliphatic carbocycles. The van der Waals surface area contributed by atoms with Crippen LogP contribution in [0.5, 0.6) is 0 Å². The average Bonchev–Trinajstić information content (AvgIpc) is 3.53. The Hall–Kier alpha value is -3.74. The number of amides is 1. The number of carbonyl (C=O) groups excluding carboxylic acids is 1. The second-order valence-electron chi connectivity index (χ2n) is 12.5. The van der Waals surface area contributed by atoms with E-state index in [1.807, 2.05) is 18.2 Å². The summed E-state index contributed by atoms with van der Waals surface area (Å²) in [5.74, 6) is 1.77. The Morgan fingerprint density at radius 3 is 2.30 bits per heavy atom. The number of aliphatic hydroxyl groups excluding tert-OH is 1. The number of pyridine rings is 1. The molecular weight excluding hydrogens is 616 g/mol. The fraction of sp³-hybridized carbons (Fsp3) is 0.515. The highest BCUT2D eigenvalue weighted by Gasteiger charge is 2.44. The molecule has 1 N–H and O–H groups in total. The fourth-order valence-corrected chi connectivity index (χ4v) is 6.88. The van der Waals surface area contributed by atoms with Crippen molar-refractivity contribution in [2.24, 2.45) is 11.8 Å². The van der Waals surface area contributed by atoms with E-state index in [0.29, 0.717) is 47.3 Å². The van der Waals surface area contributed by atoms with Gasteiger partial charge >= 0.3 is 18.4 Å². The van der Waals surface area contributed by atoms with Crippen LogP contribution in [0.4, 0.5) is 37.0 Å². The van der Waals surface area contributed by atoms with E-state index in [1.165, 1.54) is 11.8 Å². The molecule has 2 aliphatic heterocycles. The Kier molecular flexibility index (Phi) is 8.49. The number of methoxy groups -OCH3 is 1. The van der Waals surface area contributed by atoms with Crippen LogP contribution in [0.3, 0.4) is 0 Å². The van der Waals surface area contributed by atoms with Crippen LogP contribution >= 0.6 is 0 Å². The molecule has 3 heterocycles. The first-order valence-corrected chi connectivity index (χ1v) is 15.4. The second kappa shape index (κ2) is 12.1. The number of carbonyl (C=O) groups is 1. The van der Waals surface area contributed by atoms with Crippen molar-refractivity contribution in [3.63, 3.8) is 0 Å². The van der Waals surface area contributed by atoms with Crippen molar-refractivity contribution >= 4 is 17.5 Å². The highest BCUT2D eigenvalue weighted by atomic mass is 19.4. The molecule has 13 heteroatoms. The lowest BCUT2D eigenvalue weighted by Crippen LogP contribution is -2.38. The molecule has 1 saturated carbocycles. The van der Waals surface area contributed by atoms with Gasteiger partial charge in [0.25, 0.3) is 0 Å². The number of alkyl halides is 6. The Bertz CT molecular complexity index is 1520. The van der Waals surface area contributed by atoms with Crippen molar-refractivity contribution in [3.05, 3.63) is 76.2 Å². The number of benzene rings is 1. The topological polar surface area (TPSA) is 75.1 Å². The van der Waals surface area contributed by atoms with E-state index >= 15 is 0 Å². The standard InChI is InChI=1S/C33H35F6N3O4/c1-18-30(21-12-22(32(34,35)36)16-23(13-21)33(37,38)39)46-31(44)42(18)17-27-25(7-9-29(40-27)41-10-3-11-41)26-15-20(5-8-28(26)45-2)19-4-6-24(43)14-19/h7-9,12-13,15-16,18-20,24,30,43H,3-6,10-11,14,17H2,1-2H3/t18-,19?,20?,24?,30-/m0/s1. The molecule has 1 amide bonds. The van der Waals surface area contributed by atoms with Gasteiger partial charge in [-0.1, -0.05) is 6.08 Å². The van der Waals surface area contributed by atoms with Crippen LogP contribution in [0.15, 0.2) is 48.2 Å². The Morgan fingerprint density at radius 1 is 1.04 bits per heavy atom. The average molecular weight is 652 g/mol. The predicted molar refractivity (Wildman–Crippen MR) is 156 cm³/mol. The van der Waals surface area contributed by atoms with Crippen LogP contribution in [0.2, 0.25) is 0 Å². The zero-order chi connectivity index (χ0) is 33.0. The van der Waals surface area contributed by atoms with Crippen LogP contribution in [0.1, 0.15) is 73.1 Å². The highest BCUT2D eigenvalue weighted by Crippen LogP contribution is 2.44. The van der Waals surface area contributed by atoms with Gasteiger partial charge in [-0.05, 0) is 92.8 Å².